The fraction of sp³-hybridized carbons (Fsp3) is 0.250. The molecule has 0 fully saturated rings. The number of anilines is 2. The maximum absolute atomic E-state index is 13.8. The summed E-state index contributed by atoms with van der Waals surface area (Å²) < 4.78 is 24.3. The van der Waals surface area contributed by atoms with Crippen LogP contribution in [0.15, 0.2) is 41.0 Å². The molecule has 7 nitrogen and oxygen atoms in total. The van der Waals surface area contributed by atoms with Crippen LogP contribution in [0.1, 0.15) is 36.1 Å². The zero-order chi connectivity index (χ0) is 21.2. The van der Waals surface area contributed by atoms with Crippen molar-refractivity contribution in [2.24, 2.45) is 0 Å². The normalized spacial score (nSPS) is 11.2. The van der Waals surface area contributed by atoms with Crippen LogP contribution >= 0.6 is 11.3 Å². The smallest absolute Gasteiger partial charge is 0.412 e. The first-order valence-corrected chi connectivity index (χ1v) is 9.56. The van der Waals surface area contributed by atoms with Gasteiger partial charge in [0.1, 0.15) is 17.1 Å². The van der Waals surface area contributed by atoms with Crippen LogP contribution in [-0.2, 0) is 4.74 Å². The molecule has 1 aromatic carbocycles. The number of hydrogen-bond acceptors (Lipinski definition) is 6. The molecule has 3 rings (SSSR count). The number of aromatic nitrogens is 1. The van der Waals surface area contributed by atoms with Gasteiger partial charge in [-0.15, -0.1) is 11.3 Å². The number of benzene rings is 1. The number of ether oxygens (including phenoxy) is 1. The summed E-state index contributed by atoms with van der Waals surface area (Å²) in [6.07, 6.45) is 0.803. The van der Waals surface area contributed by atoms with Crippen LogP contribution in [0.3, 0.4) is 0 Å². The largest absolute Gasteiger partial charge is 0.462 e. The summed E-state index contributed by atoms with van der Waals surface area (Å²) in [7, 11) is 0. The summed E-state index contributed by atoms with van der Waals surface area (Å²) >= 11 is 1.31. The number of thiazole rings is 1. The molecule has 0 radical (unpaired) electrons. The van der Waals surface area contributed by atoms with Crippen molar-refractivity contribution in [1.29, 1.82) is 0 Å². The van der Waals surface area contributed by atoms with E-state index < -0.39 is 23.4 Å². The Morgan fingerprint density at radius 1 is 1.17 bits per heavy atom. The van der Waals surface area contributed by atoms with Gasteiger partial charge >= 0.3 is 6.09 Å². The first-order chi connectivity index (χ1) is 13.6. The molecule has 0 aliphatic heterocycles. The number of amides is 2. The van der Waals surface area contributed by atoms with Crippen molar-refractivity contribution in [3.05, 3.63) is 53.0 Å². The molecule has 152 valence electrons. The lowest BCUT2D eigenvalue weighted by Crippen LogP contribution is -2.27. The zero-order valence-electron chi connectivity index (χ0n) is 16.3. The summed E-state index contributed by atoms with van der Waals surface area (Å²) in [6, 6.07) is 7.10. The number of carbonyl (C=O) groups excluding carboxylic acids is 2. The van der Waals surface area contributed by atoms with Crippen molar-refractivity contribution in [2.75, 3.05) is 10.6 Å². The summed E-state index contributed by atoms with van der Waals surface area (Å²) in [5.41, 5.74) is -0.220. The maximum Gasteiger partial charge on any atom is 0.412 e. The van der Waals surface area contributed by atoms with E-state index in [4.69, 9.17) is 9.15 Å². The third kappa shape index (κ3) is 5.20. The lowest BCUT2D eigenvalue weighted by atomic mass is 10.2. The molecule has 0 bridgehead atoms. The number of nitrogens with zero attached hydrogens (tertiary/aromatic N) is 1. The number of furan rings is 1. The highest BCUT2D eigenvalue weighted by atomic mass is 32.1. The SMILES string of the molecule is Cc1sc(-c2ccco2)nc1C(=O)Nc1cc(F)ccc1NC(=O)OC(C)(C)C. The standard InChI is InChI=1S/C20H20FN3O4S/c1-11-16(24-18(29-11)15-6-5-9-27-15)17(25)22-14-10-12(21)7-8-13(14)23-19(26)28-20(2,3)4/h5-10H,1-4H3,(H,22,25)(H,23,26). The van der Waals surface area contributed by atoms with E-state index in [2.05, 4.69) is 15.6 Å². The van der Waals surface area contributed by atoms with Gasteiger partial charge in [0.15, 0.2) is 10.8 Å². The Labute approximate surface area is 170 Å². The zero-order valence-corrected chi connectivity index (χ0v) is 17.1. The van der Waals surface area contributed by atoms with Gasteiger partial charge in [0.05, 0.1) is 17.6 Å². The highest BCUT2D eigenvalue weighted by molar-refractivity contribution is 7.15. The van der Waals surface area contributed by atoms with Gasteiger partial charge < -0.3 is 14.5 Å². The van der Waals surface area contributed by atoms with Gasteiger partial charge in [-0.3, -0.25) is 10.1 Å². The van der Waals surface area contributed by atoms with Gasteiger partial charge in [-0.05, 0) is 58.0 Å². The Bertz CT molecular complexity index is 1040. The summed E-state index contributed by atoms with van der Waals surface area (Å²) in [6.45, 7) is 6.93. The Kier molecular flexibility index (Phi) is 5.69. The van der Waals surface area contributed by atoms with Crippen LogP contribution in [0.2, 0.25) is 0 Å². The number of nitrogens with one attached hydrogen (secondary N) is 2. The van der Waals surface area contributed by atoms with Crippen molar-refractivity contribution in [1.82, 2.24) is 4.98 Å². The molecule has 0 atom stereocenters. The molecular weight excluding hydrogens is 397 g/mol. The second-order valence-corrected chi connectivity index (χ2v) is 8.38. The van der Waals surface area contributed by atoms with E-state index in [0.29, 0.717) is 15.6 Å². The molecule has 2 N–H and O–H groups in total. The fourth-order valence-corrected chi connectivity index (χ4v) is 3.32. The van der Waals surface area contributed by atoms with Gasteiger partial charge in [-0.2, -0.15) is 0 Å². The van der Waals surface area contributed by atoms with Gasteiger partial charge in [0.2, 0.25) is 0 Å². The Morgan fingerprint density at radius 2 is 1.93 bits per heavy atom. The van der Waals surface area contributed by atoms with E-state index in [1.807, 2.05) is 0 Å². The third-order valence-electron chi connectivity index (χ3n) is 3.61. The van der Waals surface area contributed by atoms with Crippen LogP contribution in [0, 0.1) is 12.7 Å². The molecule has 2 aromatic heterocycles. The summed E-state index contributed by atoms with van der Waals surface area (Å²) in [5.74, 6) is -0.550. The van der Waals surface area contributed by atoms with Crippen LogP contribution in [0.4, 0.5) is 20.6 Å². The van der Waals surface area contributed by atoms with E-state index in [-0.39, 0.29) is 17.1 Å². The van der Waals surface area contributed by atoms with Crippen molar-refractivity contribution in [2.45, 2.75) is 33.3 Å². The molecule has 2 heterocycles. The number of carbonyl (C=O) groups is 2. The Hall–Kier alpha value is -3.20. The molecule has 2 amide bonds. The topological polar surface area (TPSA) is 93.5 Å². The van der Waals surface area contributed by atoms with Crippen LogP contribution in [0.25, 0.3) is 10.8 Å². The highest BCUT2D eigenvalue weighted by Crippen LogP contribution is 2.29. The highest BCUT2D eigenvalue weighted by Gasteiger charge is 2.21. The van der Waals surface area contributed by atoms with Crippen LogP contribution in [-0.4, -0.2) is 22.6 Å². The summed E-state index contributed by atoms with van der Waals surface area (Å²) in [5, 5.41) is 5.68. The quantitative estimate of drug-likeness (QED) is 0.589. The van der Waals surface area contributed by atoms with E-state index in [1.165, 1.54) is 29.7 Å². The molecule has 0 spiro atoms. The first-order valence-electron chi connectivity index (χ1n) is 8.74. The molecule has 29 heavy (non-hydrogen) atoms. The van der Waals surface area contributed by atoms with Gasteiger partial charge in [-0.1, -0.05) is 0 Å². The molecule has 0 saturated heterocycles. The predicted molar refractivity (Wildman–Crippen MR) is 109 cm³/mol. The van der Waals surface area contributed by atoms with Crippen molar-refractivity contribution >= 4 is 34.7 Å². The summed E-state index contributed by atoms with van der Waals surface area (Å²) in [4.78, 5) is 29.8. The van der Waals surface area contributed by atoms with Crippen LogP contribution < -0.4 is 10.6 Å². The van der Waals surface area contributed by atoms with E-state index >= 15 is 0 Å². The molecular formula is C20H20FN3O4S. The number of halogens is 1. The van der Waals surface area contributed by atoms with Crippen molar-refractivity contribution in [3.63, 3.8) is 0 Å². The average Bonchev–Trinajstić information content (AvgIpc) is 3.25. The predicted octanol–water partition coefficient (Wildman–Crippen LogP) is 5.45. The second-order valence-electron chi connectivity index (χ2n) is 7.17. The molecule has 3 aromatic rings. The number of rotatable bonds is 4. The maximum atomic E-state index is 13.8. The van der Waals surface area contributed by atoms with Crippen LogP contribution in [0.5, 0.6) is 0 Å². The van der Waals surface area contributed by atoms with Crippen molar-refractivity contribution < 1.29 is 23.1 Å². The molecule has 0 saturated carbocycles. The average molecular weight is 417 g/mol. The molecule has 0 unspecified atom stereocenters. The van der Waals surface area contributed by atoms with Gasteiger partial charge in [0.25, 0.3) is 5.91 Å². The monoisotopic (exact) mass is 417 g/mol. The Morgan fingerprint density at radius 3 is 2.59 bits per heavy atom. The van der Waals surface area contributed by atoms with E-state index in [1.54, 1.807) is 39.8 Å². The molecule has 0 aliphatic rings. The lowest BCUT2D eigenvalue weighted by Gasteiger charge is -2.20. The molecule has 9 heteroatoms. The Balaban J connectivity index is 1.82. The first kappa shape index (κ1) is 20.5. The van der Waals surface area contributed by atoms with Gasteiger partial charge in [0, 0.05) is 4.88 Å². The lowest BCUT2D eigenvalue weighted by molar-refractivity contribution is 0.0635. The van der Waals surface area contributed by atoms with E-state index in [0.717, 1.165) is 6.07 Å². The number of aryl methyl sites for hydroxylation is 1. The minimum atomic E-state index is -0.718. The molecule has 0 aliphatic carbocycles. The van der Waals surface area contributed by atoms with E-state index in [9.17, 15) is 14.0 Å². The fourth-order valence-electron chi connectivity index (χ4n) is 2.44. The number of hydrogen-bond donors (Lipinski definition) is 2. The second kappa shape index (κ2) is 8.04. The minimum Gasteiger partial charge on any atom is -0.462 e. The minimum absolute atomic E-state index is 0.0906. The third-order valence-corrected chi connectivity index (χ3v) is 4.59. The van der Waals surface area contributed by atoms with Gasteiger partial charge in [-0.25, -0.2) is 14.2 Å². The van der Waals surface area contributed by atoms with Crippen molar-refractivity contribution in [3.8, 4) is 10.8 Å².